The highest BCUT2D eigenvalue weighted by Crippen LogP contribution is 2.33. The van der Waals surface area contributed by atoms with Gasteiger partial charge in [-0.3, -0.25) is 0 Å². The van der Waals surface area contributed by atoms with Gasteiger partial charge in [0.2, 0.25) is 0 Å². The second-order valence-electron chi connectivity index (χ2n) is 4.55. The van der Waals surface area contributed by atoms with Crippen LogP contribution in [0.1, 0.15) is 29.0 Å². The van der Waals surface area contributed by atoms with E-state index in [9.17, 15) is 0 Å². The summed E-state index contributed by atoms with van der Waals surface area (Å²) < 4.78 is 1.22. The molecule has 19 heavy (non-hydrogen) atoms. The standard InChI is InChI=1S/C15H17BrClNS/c1-3-18-13(14-7-10(2)15(16)19-14)9-11-5-4-6-12(17)8-11/h4-8,13,18H,3,9H2,1-2H3. The fourth-order valence-corrected chi connectivity index (χ4v) is 3.93. The van der Waals surface area contributed by atoms with Crippen LogP contribution in [0, 0.1) is 6.92 Å². The van der Waals surface area contributed by atoms with E-state index in [2.05, 4.69) is 47.2 Å². The van der Waals surface area contributed by atoms with E-state index in [4.69, 9.17) is 11.6 Å². The van der Waals surface area contributed by atoms with E-state index in [1.807, 2.05) is 29.5 Å². The van der Waals surface area contributed by atoms with Gasteiger partial charge in [-0.25, -0.2) is 0 Å². The SMILES string of the molecule is CCNC(Cc1cccc(Cl)c1)c1cc(C)c(Br)s1. The van der Waals surface area contributed by atoms with Crippen molar-refractivity contribution in [2.45, 2.75) is 26.3 Å². The van der Waals surface area contributed by atoms with Crippen LogP contribution in [0.25, 0.3) is 0 Å². The molecule has 1 atom stereocenters. The highest BCUT2D eigenvalue weighted by molar-refractivity contribution is 9.11. The number of halogens is 2. The molecule has 0 fully saturated rings. The van der Waals surface area contributed by atoms with Crippen molar-refractivity contribution in [1.29, 1.82) is 0 Å². The summed E-state index contributed by atoms with van der Waals surface area (Å²) in [6.07, 6.45) is 0.959. The molecule has 0 amide bonds. The Morgan fingerprint density at radius 1 is 1.37 bits per heavy atom. The highest BCUT2D eigenvalue weighted by atomic mass is 79.9. The predicted octanol–water partition coefficient (Wildman–Crippen LogP) is 5.37. The second kappa shape index (κ2) is 6.89. The normalized spacial score (nSPS) is 12.6. The van der Waals surface area contributed by atoms with Gasteiger partial charge < -0.3 is 5.32 Å². The third-order valence-corrected chi connectivity index (χ3v) is 5.48. The van der Waals surface area contributed by atoms with Crippen molar-refractivity contribution in [3.63, 3.8) is 0 Å². The zero-order chi connectivity index (χ0) is 13.8. The Morgan fingerprint density at radius 2 is 2.16 bits per heavy atom. The minimum Gasteiger partial charge on any atom is -0.309 e. The molecular formula is C15H17BrClNS. The van der Waals surface area contributed by atoms with Gasteiger partial charge in [-0.2, -0.15) is 0 Å². The number of rotatable bonds is 5. The Bertz CT molecular complexity index is 533. The minimum absolute atomic E-state index is 0.346. The first-order valence-electron chi connectivity index (χ1n) is 6.33. The maximum atomic E-state index is 6.06. The van der Waals surface area contributed by atoms with E-state index in [1.54, 1.807) is 0 Å². The highest BCUT2D eigenvalue weighted by Gasteiger charge is 2.15. The van der Waals surface area contributed by atoms with E-state index < -0.39 is 0 Å². The Balaban J connectivity index is 2.20. The topological polar surface area (TPSA) is 12.0 Å². The lowest BCUT2D eigenvalue weighted by Gasteiger charge is -2.16. The van der Waals surface area contributed by atoms with Crippen molar-refractivity contribution in [1.82, 2.24) is 5.32 Å². The lowest BCUT2D eigenvalue weighted by atomic mass is 10.0. The fourth-order valence-electron chi connectivity index (χ4n) is 2.07. The molecule has 102 valence electrons. The molecule has 0 spiro atoms. The molecule has 1 unspecified atom stereocenters. The molecule has 0 bridgehead atoms. The zero-order valence-electron chi connectivity index (χ0n) is 11.0. The summed E-state index contributed by atoms with van der Waals surface area (Å²) in [4.78, 5) is 1.37. The van der Waals surface area contributed by atoms with Crippen LogP contribution in [-0.2, 0) is 6.42 Å². The van der Waals surface area contributed by atoms with Crippen molar-refractivity contribution in [3.8, 4) is 0 Å². The molecule has 1 aromatic heterocycles. The van der Waals surface area contributed by atoms with Crippen LogP contribution in [0.15, 0.2) is 34.1 Å². The van der Waals surface area contributed by atoms with Crippen LogP contribution < -0.4 is 5.32 Å². The van der Waals surface area contributed by atoms with Crippen LogP contribution >= 0.6 is 38.9 Å². The maximum Gasteiger partial charge on any atom is 0.0731 e. The van der Waals surface area contributed by atoms with Gasteiger partial charge >= 0.3 is 0 Å². The minimum atomic E-state index is 0.346. The average molecular weight is 359 g/mol. The lowest BCUT2D eigenvalue weighted by molar-refractivity contribution is 0.558. The Morgan fingerprint density at radius 3 is 2.74 bits per heavy atom. The summed E-state index contributed by atoms with van der Waals surface area (Å²) in [6.45, 7) is 5.23. The van der Waals surface area contributed by atoms with E-state index in [1.165, 1.54) is 19.8 Å². The van der Waals surface area contributed by atoms with Crippen LogP contribution in [0.5, 0.6) is 0 Å². The van der Waals surface area contributed by atoms with Crippen LogP contribution in [0.4, 0.5) is 0 Å². The van der Waals surface area contributed by atoms with E-state index >= 15 is 0 Å². The van der Waals surface area contributed by atoms with Crippen molar-refractivity contribution in [3.05, 3.63) is 55.1 Å². The van der Waals surface area contributed by atoms with Gasteiger partial charge in [0.05, 0.1) is 3.79 Å². The van der Waals surface area contributed by atoms with Crippen molar-refractivity contribution < 1.29 is 0 Å². The van der Waals surface area contributed by atoms with Gasteiger partial charge in [-0.05, 0) is 65.1 Å². The molecule has 1 aromatic carbocycles. The zero-order valence-corrected chi connectivity index (χ0v) is 14.2. The fraction of sp³-hybridized carbons (Fsp3) is 0.333. The van der Waals surface area contributed by atoms with E-state index in [0.29, 0.717) is 6.04 Å². The molecule has 0 saturated heterocycles. The number of hydrogen-bond donors (Lipinski definition) is 1. The summed E-state index contributed by atoms with van der Waals surface area (Å²) in [6, 6.07) is 10.7. The molecule has 2 rings (SSSR count). The van der Waals surface area contributed by atoms with Crippen molar-refractivity contribution >= 4 is 38.9 Å². The molecule has 2 aromatic rings. The molecular weight excluding hydrogens is 342 g/mol. The number of thiophene rings is 1. The number of aryl methyl sites for hydroxylation is 1. The monoisotopic (exact) mass is 357 g/mol. The first-order valence-corrected chi connectivity index (χ1v) is 8.32. The second-order valence-corrected chi connectivity index (χ2v) is 7.39. The third-order valence-electron chi connectivity index (χ3n) is 3.00. The first-order chi connectivity index (χ1) is 9.10. The molecule has 1 N–H and O–H groups in total. The predicted molar refractivity (Wildman–Crippen MR) is 88.3 cm³/mol. The van der Waals surface area contributed by atoms with E-state index in [-0.39, 0.29) is 0 Å². The third kappa shape index (κ3) is 4.06. The number of hydrogen-bond acceptors (Lipinski definition) is 2. The lowest BCUT2D eigenvalue weighted by Crippen LogP contribution is -2.22. The first kappa shape index (κ1) is 15.0. The molecule has 1 heterocycles. The van der Waals surface area contributed by atoms with Gasteiger partial charge in [0.1, 0.15) is 0 Å². The summed E-state index contributed by atoms with van der Waals surface area (Å²) in [7, 11) is 0. The molecule has 0 aliphatic carbocycles. The van der Waals surface area contributed by atoms with Crippen LogP contribution in [0.2, 0.25) is 5.02 Å². The summed E-state index contributed by atoms with van der Waals surface area (Å²) in [5.41, 5.74) is 2.56. The molecule has 1 nitrogen and oxygen atoms in total. The smallest absolute Gasteiger partial charge is 0.0731 e. The molecule has 4 heteroatoms. The van der Waals surface area contributed by atoms with Gasteiger partial charge in [0, 0.05) is 15.9 Å². The van der Waals surface area contributed by atoms with Gasteiger partial charge in [-0.1, -0.05) is 30.7 Å². The van der Waals surface area contributed by atoms with Crippen molar-refractivity contribution in [2.75, 3.05) is 6.54 Å². The quantitative estimate of drug-likeness (QED) is 0.758. The molecule has 0 aliphatic rings. The molecule has 0 aliphatic heterocycles. The maximum absolute atomic E-state index is 6.06. The Kier molecular flexibility index (Phi) is 5.46. The Hall–Kier alpha value is -0.350. The molecule has 0 saturated carbocycles. The van der Waals surface area contributed by atoms with Gasteiger partial charge in [0.25, 0.3) is 0 Å². The molecule has 0 radical (unpaired) electrons. The number of likely N-dealkylation sites (N-methyl/N-ethyl adjacent to an activating group) is 1. The number of benzene rings is 1. The van der Waals surface area contributed by atoms with E-state index in [0.717, 1.165) is 18.0 Å². The Labute approximate surface area is 132 Å². The number of nitrogens with one attached hydrogen (secondary N) is 1. The summed E-state index contributed by atoms with van der Waals surface area (Å²) >= 11 is 11.5. The van der Waals surface area contributed by atoms with Gasteiger partial charge in [0.15, 0.2) is 0 Å². The van der Waals surface area contributed by atoms with Crippen LogP contribution in [-0.4, -0.2) is 6.54 Å². The van der Waals surface area contributed by atoms with Gasteiger partial charge in [-0.15, -0.1) is 11.3 Å². The average Bonchev–Trinajstić information content (AvgIpc) is 2.69. The summed E-state index contributed by atoms with van der Waals surface area (Å²) in [5.74, 6) is 0. The summed E-state index contributed by atoms with van der Waals surface area (Å²) in [5, 5.41) is 4.36. The largest absolute Gasteiger partial charge is 0.309 e. The van der Waals surface area contributed by atoms with Crippen molar-refractivity contribution in [2.24, 2.45) is 0 Å². The van der Waals surface area contributed by atoms with Crippen LogP contribution in [0.3, 0.4) is 0 Å².